The van der Waals surface area contributed by atoms with Gasteiger partial charge < -0.3 is 10.2 Å². The van der Waals surface area contributed by atoms with Crippen LogP contribution in [0.5, 0.6) is 0 Å². The molecule has 3 aromatic carbocycles. The molecule has 0 aromatic heterocycles. The fraction of sp³-hybridized carbons (Fsp3) is 0.200. The topological polar surface area (TPSA) is 86.8 Å². The van der Waals surface area contributed by atoms with Crippen molar-refractivity contribution in [1.29, 1.82) is 0 Å². The van der Waals surface area contributed by atoms with E-state index in [1.54, 1.807) is 42.5 Å². The van der Waals surface area contributed by atoms with E-state index in [9.17, 15) is 22.4 Å². The number of hydrogen-bond donors (Lipinski definition) is 1. The molecule has 0 saturated heterocycles. The lowest BCUT2D eigenvalue weighted by Crippen LogP contribution is -2.50. The lowest BCUT2D eigenvalue weighted by Gasteiger charge is -2.31. The highest BCUT2D eigenvalue weighted by Crippen LogP contribution is 2.28. The monoisotopic (exact) mass is 551 g/mol. The van der Waals surface area contributed by atoms with Gasteiger partial charge in [0, 0.05) is 18.6 Å². The number of nitrogens with zero attached hydrogens (tertiary/aromatic N) is 2. The predicted molar refractivity (Wildman–Crippen MR) is 138 cm³/mol. The molecule has 0 aliphatic carbocycles. The number of halogens is 3. The molecule has 1 N–H and O–H groups in total. The highest BCUT2D eigenvalue weighted by atomic mass is 35.5. The number of likely N-dealkylation sites (N-methyl/N-ethyl adjacent to an activating group) is 1. The van der Waals surface area contributed by atoms with Crippen molar-refractivity contribution in [2.75, 3.05) is 17.9 Å². The molecule has 1 atom stereocenters. The molecule has 0 unspecified atom stereocenters. The minimum absolute atomic E-state index is 0.00218. The number of nitrogens with one attached hydrogen (secondary N) is 1. The zero-order valence-electron chi connectivity index (χ0n) is 19.5. The maximum Gasteiger partial charge on any atom is 0.264 e. The van der Waals surface area contributed by atoms with Gasteiger partial charge in [0.1, 0.15) is 18.4 Å². The van der Waals surface area contributed by atoms with Gasteiger partial charge in [-0.3, -0.25) is 13.9 Å². The first-order valence-corrected chi connectivity index (χ1v) is 13.0. The zero-order valence-corrected chi connectivity index (χ0v) is 21.8. The third-order valence-corrected chi connectivity index (χ3v) is 7.81. The van der Waals surface area contributed by atoms with Gasteiger partial charge >= 0.3 is 0 Å². The first-order chi connectivity index (χ1) is 17.0. The number of hydrogen-bond acceptors (Lipinski definition) is 4. The van der Waals surface area contributed by atoms with Gasteiger partial charge in [0.25, 0.3) is 10.0 Å². The van der Waals surface area contributed by atoms with Crippen molar-refractivity contribution in [2.45, 2.75) is 24.4 Å². The number of rotatable bonds is 9. The van der Waals surface area contributed by atoms with E-state index in [0.29, 0.717) is 10.6 Å². The number of benzene rings is 3. The van der Waals surface area contributed by atoms with Crippen LogP contribution in [0.25, 0.3) is 0 Å². The molecular weight excluding hydrogens is 528 g/mol. The fourth-order valence-electron chi connectivity index (χ4n) is 3.47. The second kappa shape index (κ2) is 11.7. The summed E-state index contributed by atoms with van der Waals surface area (Å²) < 4.78 is 41.8. The number of carbonyl (C=O) groups is 2. The summed E-state index contributed by atoms with van der Waals surface area (Å²) in [7, 11) is -2.81. The Balaban J connectivity index is 2.04. The number of amides is 2. The molecule has 0 heterocycles. The molecule has 2 amide bonds. The van der Waals surface area contributed by atoms with E-state index in [0.717, 1.165) is 16.4 Å². The van der Waals surface area contributed by atoms with Crippen molar-refractivity contribution in [2.24, 2.45) is 0 Å². The third kappa shape index (κ3) is 6.34. The van der Waals surface area contributed by atoms with Gasteiger partial charge in [0.2, 0.25) is 11.8 Å². The van der Waals surface area contributed by atoms with Gasteiger partial charge in [-0.25, -0.2) is 12.8 Å². The molecular formula is C25H24Cl2FN3O4S. The lowest BCUT2D eigenvalue weighted by molar-refractivity contribution is -0.139. The van der Waals surface area contributed by atoms with E-state index in [1.165, 1.54) is 37.1 Å². The second-order valence-electron chi connectivity index (χ2n) is 7.86. The van der Waals surface area contributed by atoms with Crippen LogP contribution in [0.15, 0.2) is 77.7 Å². The summed E-state index contributed by atoms with van der Waals surface area (Å²) >= 11 is 11.9. The molecule has 11 heteroatoms. The normalized spacial score (nSPS) is 12.0. The van der Waals surface area contributed by atoms with Crippen LogP contribution >= 0.6 is 23.2 Å². The van der Waals surface area contributed by atoms with Crippen LogP contribution < -0.4 is 9.62 Å². The summed E-state index contributed by atoms with van der Waals surface area (Å²) in [5.41, 5.74) is 0.684. The molecule has 0 aliphatic rings. The molecule has 3 aromatic rings. The smallest absolute Gasteiger partial charge is 0.264 e. The molecule has 3 rings (SSSR count). The summed E-state index contributed by atoms with van der Waals surface area (Å²) in [5, 5.41) is 2.71. The molecule has 0 saturated carbocycles. The molecule has 0 bridgehead atoms. The summed E-state index contributed by atoms with van der Waals surface area (Å²) in [6.07, 6.45) is 0. The molecule has 0 radical (unpaired) electrons. The second-order valence-corrected chi connectivity index (χ2v) is 10.6. The number of sulfonamides is 1. The third-order valence-electron chi connectivity index (χ3n) is 5.48. The summed E-state index contributed by atoms with van der Waals surface area (Å²) in [6.45, 7) is 0.902. The SMILES string of the molecule is CNC(=O)[C@@H](C)N(Cc1ccc(Cl)cc1)C(=O)CN(c1ccc(F)c(Cl)c1)S(=O)(=O)c1ccccc1. The Kier molecular flexibility index (Phi) is 8.94. The Morgan fingerprint density at radius 2 is 1.64 bits per heavy atom. The first kappa shape index (κ1) is 27.4. The maximum absolute atomic E-state index is 13.8. The Morgan fingerprint density at radius 3 is 2.22 bits per heavy atom. The standard InChI is InChI=1S/C25H24Cl2FN3O4S/c1-17(25(33)29-2)30(15-18-8-10-19(26)11-9-18)24(32)16-31(20-12-13-23(28)22(27)14-20)36(34,35)21-6-4-3-5-7-21/h3-14,17H,15-16H2,1-2H3,(H,29,33)/t17-/m1/s1. The lowest BCUT2D eigenvalue weighted by atomic mass is 10.1. The molecule has 0 spiro atoms. The van der Waals surface area contributed by atoms with Gasteiger partial charge in [0.05, 0.1) is 15.6 Å². The van der Waals surface area contributed by atoms with E-state index in [4.69, 9.17) is 23.2 Å². The van der Waals surface area contributed by atoms with Gasteiger partial charge in [0.15, 0.2) is 0 Å². The quantitative estimate of drug-likeness (QED) is 0.424. The molecule has 0 aliphatic heterocycles. The minimum atomic E-state index is -4.26. The first-order valence-electron chi connectivity index (χ1n) is 10.8. The van der Waals surface area contributed by atoms with E-state index in [2.05, 4.69) is 5.32 Å². The highest BCUT2D eigenvalue weighted by molar-refractivity contribution is 7.92. The number of anilines is 1. The minimum Gasteiger partial charge on any atom is -0.357 e. The van der Waals surface area contributed by atoms with Crippen LogP contribution in [0.1, 0.15) is 12.5 Å². The van der Waals surface area contributed by atoms with E-state index < -0.39 is 40.2 Å². The van der Waals surface area contributed by atoms with Crippen LogP contribution in [0.2, 0.25) is 10.0 Å². The van der Waals surface area contributed by atoms with Crippen molar-refractivity contribution in [3.05, 3.63) is 94.2 Å². The Bertz CT molecular complexity index is 1340. The Labute approximate surface area is 219 Å². The van der Waals surface area contributed by atoms with Crippen molar-refractivity contribution in [3.8, 4) is 0 Å². The van der Waals surface area contributed by atoms with Crippen molar-refractivity contribution < 1.29 is 22.4 Å². The van der Waals surface area contributed by atoms with Crippen LogP contribution in [0.4, 0.5) is 10.1 Å². The summed E-state index contributed by atoms with van der Waals surface area (Å²) in [4.78, 5) is 27.2. The number of carbonyl (C=O) groups excluding carboxylic acids is 2. The maximum atomic E-state index is 13.8. The van der Waals surface area contributed by atoms with Crippen LogP contribution in [0.3, 0.4) is 0 Å². The predicted octanol–water partition coefficient (Wildman–Crippen LogP) is 4.49. The van der Waals surface area contributed by atoms with E-state index in [1.807, 2.05) is 0 Å². The average molecular weight is 552 g/mol. The van der Waals surface area contributed by atoms with Gasteiger partial charge in [-0.1, -0.05) is 53.5 Å². The Morgan fingerprint density at radius 1 is 1.00 bits per heavy atom. The van der Waals surface area contributed by atoms with Crippen molar-refractivity contribution in [3.63, 3.8) is 0 Å². The Hall–Kier alpha value is -3.14. The largest absolute Gasteiger partial charge is 0.357 e. The average Bonchev–Trinajstić information content (AvgIpc) is 2.88. The van der Waals surface area contributed by atoms with Gasteiger partial charge in [-0.15, -0.1) is 0 Å². The van der Waals surface area contributed by atoms with Gasteiger partial charge in [-0.2, -0.15) is 0 Å². The molecule has 7 nitrogen and oxygen atoms in total. The summed E-state index contributed by atoms with van der Waals surface area (Å²) in [6, 6.07) is 16.7. The van der Waals surface area contributed by atoms with Crippen molar-refractivity contribution in [1.82, 2.24) is 10.2 Å². The zero-order chi connectivity index (χ0) is 26.5. The van der Waals surface area contributed by atoms with E-state index >= 15 is 0 Å². The van der Waals surface area contributed by atoms with E-state index in [-0.39, 0.29) is 22.2 Å². The van der Waals surface area contributed by atoms with Crippen molar-refractivity contribution >= 4 is 50.7 Å². The highest BCUT2D eigenvalue weighted by Gasteiger charge is 2.32. The summed E-state index contributed by atoms with van der Waals surface area (Å²) in [5.74, 6) is -1.82. The molecule has 190 valence electrons. The molecule has 36 heavy (non-hydrogen) atoms. The van der Waals surface area contributed by atoms with Crippen LogP contribution in [-0.4, -0.2) is 44.8 Å². The van der Waals surface area contributed by atoms with Crippen LogP contribution in [0, 0.1) is 5.82 Å². The van der Waals surface area contributed by atoms with Gasteiger partial charge in [-0.05, 0) is 55.0 Å². The fourth-order valence-corrected chi connectivity index (χ4v) is 5.19. The van der Waals surface area contributed by atoms with Crippen LogP contribution in [-0.2, 0) is 26.2 Å². The molecule has 0 fully saturated rings.